The van der Waals surface area contributed by atoms with E-state index in [4.69, 9.17) is 23.2 Å². The number of carbonyl (C=O) groups is 1. The zero-order valence-corrected chi connectivity index (χ0v) is 16.9. The van der Waals surface area contributed by atoms with Crippen molar-refractivity contribution in [2.24, 2.45) is 5.92 Å². The standard InChI is InChI=1S/C17H24Cl2N2O3S/c1-3-20(4-2)17(22)13-8-10-21(11-9-13)25(23,24)12-14-15(18)6-5-7-16(14)19/h5-7,13H,3-4,8-12H2,1-2H3. The van der Waals surface area contributed by atoms with Gasteiger partial charge in [-0.2, -0.15) is 0 Å². The normalized spacial score (nSPS) is 16.8. The van der Waals surface area contributed by atoms with Crippen LogP contribution in [0, 0.1) is 5.92 Å². The van der Waals surface area contributed by atoms with E-state index in [2.05, 4.69) is 0 Å². The van der Waals surface area contributed by atoms with Gasteiger partial charge in [0, 0.05) is 47.7 Å². The fraction of sp³-hybridized carbons (Fsp3) is 0.588. The van der Waals surface area contributed by atoms with Gasteiger partial charge in [-0.15, -0.1) is 0 Å². The summed E-state index contributed by atoms with van der Waals surface area (Å²) in [5, 5.41) is 0.699. The van der Waals surface area contributed by atoms with Crippen molar-refractivity contribution < 1.29 is 13.2 Å². The molecule has 1 amide bonds. The summed E-state index contributed by atoms with van der Waals surface area (Å²) >= 11 is 12.2. The Kier molecular flexibility index (Phi) is 7.14. The minimum absolute atomic E-state index is 0.102. The second kappa shape index (κ2) is 8.71. The van der Waals surface area contributed by atoms with Gasteiger partial charge in [-0.3, -0.25) is 4.79 Å². The lowest BCUT2D eigenvalue weighted by Gasteiger charge is -2.33. The second-order valence-electron chi connectivity index (χ2n) is 6.14. The largest absolute Gasteiger partial charge is 0.343 e. The van der Waals surface area contributed by atoms with Crippen LogP contribution in [0.2, 0.25) is 10.0 Å². The van der Waals surface area contributed by atoms with Gasteiger partial charge in [0.25, 0.3) is 0 Å². The van der Waals surface area contributed by atoms with Crippen molar-refractivity contribution in [3.05, 3.63) is 33.8 Å². The van der Waals surface area contributed by atoms with Gasteiger partial charge in [-0.1, -0.05) is 29.3 Å². The first-order valence-electron chi connectivity index (χ1n) is 8.49. The number of hydrogen-bond acceptors (Lipinski definition) is 3. The van der Waals surface area contributed by atoms with Crippen LogP contribution >= 0.6 is 23.2 Å². The monoisotopic (exact) mass is 406 g/mol. The van der Waals surface area contributed by atoms with Gasteiger partial charge in [0.15, 0.2) is 0 Å². The molecule has 1 aromatic carbocycles. The number of amides is 1. The Labute approximate surface area is 159 Å². The Hall–Kier alpha value is -0.820. The maximum atomic E-state index is 12.7. The minimum atomic E-state index is -3.52. The van der Waals surface area contributed by atoms with Crippen LogP contribution in [-0.4, -0.2) is 49.7 Å². The van der Waals surface area contributed by atoms with Crippen LogP contribution in [-0.2, 0) is 20.6 Å². The Bertz CT molecular complexity index is 692. The predicted molar refractivity (Wildman–Crippen MR) is 101 cm³/mol. The number of piperidine rings is 1. The van der Waals surface area contributed by atoms with E-state index in [1.807, 2.05) is 13.8 Å². The Morgan fingerprint density at radius 1 is 1.16 bits per heavy atom. The Balaban J connectivity index is 2.03. The summed E-state index contributed by atoms with van der Waals surface area (Å²) in [5.41, 5.74) is 0.423. The van der Waals surface area contributed by atoms with Crippen molar-refractivity contribution in [3.8, 4) is 0 Å². The summed E-state index contributed by atoms with van der Waals surface area (Å²) in [5.74, 6) is -0.202. The van der Waals surface area contributed by atoms with E-state index in [1.54, 1.807) is 23.1 Å². The van der Waals surface area contributed by atoms with E-state index in [1.165, 1.54) is 4.31 Å². The van der Waals surface area contributed by atoms with Crippen LogP contribution in [0.1, 0.15) is 32.3 Å². The topological polar surface area (TPSA) is 57.7 Å². The smallest absolute Gasteiger partial charge is 0.225 e. The highest BCUT2D eigenvalue weighted by molar-refractivity contribution is 7.88. The zero-order chi connectivity index (χ0) is 18.6. The van der Waals surface area contributed by atoms with Gasteiger partial charge in [-0.25, -0.2) is 12.7 Å². The summed E-state index contributed by atoms with van der Waals surface area (Å²) in [6.07, 6.45) is 1.09. The predicted octanol–water partition coefficient (Wildman–Crippen LogP) is 3.40. The molecular formula is C17H24Cl2N2O3S. The number of benzene rings is 1. The summed E-state index contributed by atoms with van der Waals surface area (Å²) in [4.78, 5) is 14.2. The maximum Gasteiger partial charge on any atom is 0.225 e. The molecule has 1 aliphatic heterocycles. The first-order valence-corrected chi connectivity index (χ1v) is 10.9. The molecule has 1 heterocycles. The van der Waals surface area contributed by atoms with E-state index in [0.717, 1.165) is 0 Å². The van der Waals surface area contributed by atoms with Gasteiger partial charge in [0.2, 0.25) is 15.9 Å². The molecule has 0 spiro atoms. The fourth-order valence-corrected chi connectivity index (χ4v) is 5.43. The number of hydrogen-bond donors (Lipinski definition) is 0. The molecule has 1 fully saturated rings. The first kappa shape index (κ1) is 20.5. The summed E-state index contributed by atoms with van der Waals surface area (Å²) in [6, 6.07) is 4.95. The van der Waals surface area contributed by atoms with Crippen molar-refractivity contribution in [3.63, 3.8) is 0 Å². The highest BCUT2D eigenvalue weighted by Gasteiger charge is 2.33. The summed E-state index contributed by atoms with van der Waals surface area (Å²) in [6.45, 7) is 5.96. The van der Waals surface area contributed by atoms with Gasteiger partial charge >= 0.3 is 0 Å². The van der Waals surface area contributed by atoms with Gasteiger partial charge in [0.05, 0.1) is 5.75 Å². The molecule has 25 heavy (non-hydrogen) atoms. The number of carbonyl (C=O) groups excluding carboxylic acids is 1. The minimum Gasteiger partial charge on any atom is -0.343 e. The highest BCUT2D eigenvalue weighted by atomic mass is 35.5. The van der Waals surface area contributed by atoms with Gasteiger partial charge < -0.3 is 4.90 Å². The van der Waals surface area contributed by atoms with E-state index in [-0.39, 0.29) is 17.6 Å². The molecule has 5 nitrogen and oxygen atoms in total. The first-order chi connectivity index (χ1) is 11.8. The molecule has 0 atom stereocenters. The van der Waals surface area contributed by atoms with Gasteiger partial charge in [0.1, 0.15) is 0 Å². The number of sulfonamides is 1. The van der Waals surface area contributed by atoms with E-state index < -0.39 is 10.0 Å². The molecule has 1 saturated heterocycles. The van der Waals surface area contributed by atoms with E-state index in [0.29, 0.717) is 54.6 Å². The highest BCUT2D eigenvalue weighted by Crippen LogP contribution is 2.29. The maximum absolute atomic E-state index is 12.7. The summed E-state index contributed by atoms with van der Waals surface area (Å²) in [7, 11) is -3.52. The Morgan fingerprint density at radius 2 is 1.68 bits per heavy atom. The van der Waals surface area contributed by atoms with Crippen molar-refractivity contribution in [2.45, 2.75) is 32.4 Å². The average Bonchev–Trinajstić information content (AvgIpc) is 2.59. The van der Waals surface area contributed by atoms with Crippen LogP contribution in [0.4, 0.5) is 0 Å². The van der Waals surface area contributed by atoms with Crippen LogP contribution in [0.15, 0.2) is 18.2 Å². The number of nitrogens with zero attached hydrogens (tertiary/aromatic N) is 2. The molecule has 0 N–H and O–H groups in total. The molecule has 8 heteroatoms. The lowest BCUT2D eigenvalue weighted by atomic mass is 9.96. The Morgan fingerprint density at radius 3 is 2.16 bits per heavy atom. The molecule has 0 saturated carbocycles. The van der Waals surface area contributed by atoms with Gasteiger partial charge in [-0.05, 0) is 38.8 Å². The average molecular weight is 407 g/mol. The molecule has 1 aromatic rings. The van der Waals surface area contributed by atoms with Crippen LogP contribution < -0.4 is 0 Å². The third-order valence-electron chi connectivity index (χ3n) is 4.66. The second-order valence-corrected chi connectivity index (χ2v) is 8.92. The molecule has 140 valence electrons. The van der Waals surface area contributed by atoms with Crippen LogP contribution in [0.5, 0.6) is 0 Å². The molecule has 2 rings (SSSR count). The van der Waals surface area contributed by atoms with Crippen molar-refractivity contribution >= 4 is 39.1 Å². The van der Waals surface area contributed by atoms with Crippen molar-refractivity contribution in [1.29, 1.82) is 0 Å². The number of rotatable bonds is 6. The third kappa shape index (κ3) is 4.88. The van der Waals surface area contributed by atoms with Crippen LogP contribution in [0.25, 0.3) is 0 Å². The fourth-order valence-electron chi connectivity index (χ4n) is 3.12. The molecule has 0 aliphatic carbocycles. The summed E-state index contributed by atoms with van der Waals surface area (Å²) < 4.78 is 26.8. The lowest BCUT2D eigenvalue weighted by Crippen LogP contribution is -2.44. The molecule has 0 bridgehead atoms. The molecule has 0 aromatic heterocycles. The number of halogens is 2. The van der Waals surface area contributed by atoms with E-state index >= 15 is 0 Å². The molecule has 1 aliphatic rings. The van der Waals surface area contributed by atoms with E-state index in [9.17, 15) is 13.2 Å². The molecule has 0 unspecified atom stereocenters. The molecular weight excluding hydrogens is 383 g/mol. The SMILES string of the molecule is CCN(CC)C(=O)C1CCN(S(=O)(=O)Cc2c(Cl)cccc2Cl)CC1. The van der Waals surface area contributed by atoms with Crippen molar-refractivity contribution in [1.82, 2.24) is 9.21 Å². The third-order valence-corrected chi connectivity index (χ3v) is 7.17. The van der Waals surface area contributed by atoms with Crippen molar-refractivity contribution in [2.75, 3.05) is 26.2 Å². The quantitative estimate of drug-likeness (QED) is 0.726. The lowest BCUT2D eigenvalue weighted by molar-refractivity contribution is -0.136. The zero-order valence-electron chi connectivity index (χ0n) is 14.5. The molecule has 0 radical (unpaired) electrons. The van der Waals surface area contributed by atoms with Crippen LogP contribution in [0.3, 0.4) is 0 Å².